The van der Waals surface area contributed by atoms with Crippen LogP contribution in [0.3, 0.4) is 0 Å². The molecule has 0 unspecified atom stereocenters. The zero-order chi connectivity index (χ0) is 14.1. The molecule has 1 rings (SSSR count). The first-order valence-electron chi connectivity index (χ1n) is 6.56. The summed E-state index contributed by atoms with van der Waals surface area (Å²) in [4.78, 5) is 11.5. The number of benzene rings is 1. The van der Waals surface area contributed by atoms with Gasteiger partial charge in [0.15, 0.2) is 0 Å². The van der Waals surface area contributed by atoms with Crippen LogP contribution in [0.15, 0.2) is 24.3 Å². The van der Waals surface area contributed by atoms with Gasteiger partial charge in [-0.1, -0.05) is 13.8 Å². The highest BCUT2D eigenvalue weighted by Gasteiger charge is 2.00. The Labute approximate surface area is 114 Å². The first-order chi connectivity index (χ1) is 9.08. The molecule has 4 N–H and O–H groups in total. The van der Waals surface area contributed by atoms with Crippen molar-refractivity contribution in [1.29, 1.82) is 0 Å². The molecular weight excluding hydrogens is 242 g/mol. The lowest BCUT2D eigenvalue weighted by Crippen LogP contribution is -2.31. The molecular formula is C14H23N3O2. The van der Waals surface area contributed by atoms with E-state index in [1.807, 2.05) is 0 Å². The summed E-state index contributed by atoms with van der Waals surface area (Å²) in [5.74, 6) is 0.641. The summed E-state index contributed by atoms with van der Waals surface area (Å²) in [5, 5.41) is 5.44. The third-order valence-corrected chi connectivity index (χ3v) is 2.54. The number of nitrogen functional groups attached to an aromatic ring is 1. The number of amides is 2. The second kappa shape index (κ2) is 8.37. The SMILES string of the molecule is CC(C)CCOCCNC(=O)Nc1ccc(N)cc1. The number of carbonyl (C=O) groups excluding carboxylic acids is 1. The molecule has 0 aliphatic rings. The Bertz CT molecular complexity index is 377. The van der Waals surface area contributed by atoms with Crippen LogP contribution >= 0.6 is 0 Å². The van der Waals surface area contributed by atoms with Crippen molar-refractivity contribution in [3.63, 3.8) is 0 Å². The van der Waals surface area contributed by atoms with Gasteiger partial charge in [-0.25, -0.2) is 4.79 Å². The van der Waals surface area contributed by atoms with Crippen LogP contribution in [0, 0.1) is 5.92 Å². The molecule has 0 saturated carbocycles. The zero-order valence-electron chi connectivity index (χ0n) is 11.6. The number of rotatable bonds is 7. The molecule has 0 aliphatic carbocycles. The van der Waals surface area contributed by atoms with Gasteiger partial charge in [0.25, 0.3) is 0 Å². The van der Waals surface area contributed by atoms with E-state index < -0.39 is 0 Å². The third-order valence-electron chi connectivity index (χ3n) is 2.54. The van der Waals surface area contributed by atoms with E-state index >= 15 is 0 Å². The Balaban J connectivity index is 2.09. The number of anilines is 2. The highest BCUT2D eigenvalue weighted by Crippen LogP contribution is 2.09. The predicted molar refractivity (Wildman–Crippen MR) is 78.1 cm³/mol. The molecule has 5 nitrogen and oxygen atoms in total. The van der Waals surface area contributed by atoms with Gasteiger partial charge in [0.1, 0.15) is 0 Å². The van der Waals surface area contributed by atoms with Crippen molar-refractivity contribution in [2.24, 2.45) is 5.92 Å². The third kappa shape index (κ3) is 7.31. The first kappa shape index (κ1) is 15.3. The van der Waals surface area contributed by atoms with Crippen molar-refractivity contribution in [2.45, 2.75) is 20.3 Å². The van der Waals surface area contributed by atoms with E-state index in [0.29, 0.717) is 30.4 Å². The average Bonchev–Trinajstić information content (AvgIpc) is 2.36. The van der Waals surface area contributed by atoms with E-state index in [0.717, 1.165) is 13.0 Å². The number of nitrogens with two attached hydrogens (primary N) is 1. The molecule has 0 bridgehead atoms. The summed E-state index contributed by atoms with van der Waals surface area (Å²) >= 11 is 0. The molecule has 2 amide bonds. The molecule has 106 valence electrons. The van der Waals surface area contributed by atoms with Crippen LogP contribution in [0.2, 0.25) is 0 Å². The lowest BCUT2D eigenvalue weighted by atomic mass is 10.1. The number of urea groups is 1. The van der Waals surface area contributed by atoms with E-state index in [1.165, 1.54) is 0 Å². The summed E-state index contributed by atoms with van der Waals surface area (Å²) in [6.45, 7) is 6.07. The van der Waals surface area contributed by atoms with Crippen LogP contribution in [0.5, 0.6) is 0 Å². The Morgan fingerprint density at radius 2 is 1.95 bits per heavy atom. The summed E-state index contributed by atoms with van der Waals surface area (Å²) in [6, 6.07) is 6.76. The summed E-state index contributed by atoms with van der Waals surface area (Å²) in [7, 11) is 0. The molecule has 0 saturated heterocycles. The van der Waals surface area contributed by atoms with Crippen LogP contribution in [-0.4, -0.2) is 25.8 Å². The standard InChI is InChI=1S/C14H23N3O2/c1-11(2)7-9-19-10-8-16-14(18)17-13-5-3-12(15)4-6-13/h3-6,11H,7-10,15H2,1-2H3,(H2,16,17,18). The lowest BCUT2D eigenvalue weighted by molar-refractivity contribution is 0.126. The second-order valence-electron chi connectivity index (χ2n) is 4.80. The normalized spacial score (nSPS) is 10.5. The summed E-state index contributed by atoms with van der Waals surface area (Å²) < 4.78 is 5.40. The van der Waals surface area contributed by atoms with E-state index in [-0.39, 0.29) is 6.03 Å². The number of hydrogen-bond donors (Lipinski definition) is 3. The first-order valence-corrected chi connectivity index (χ1v) is 6.56. The monoisotopic (exact) mass is 265 g/mol. The Morgan fingerprint density at radius 1 is 1.26 bits per heavy atom. The molecule has 0 fully saturated rings. The summed E-state index contributed by atoms with van der Waals surface area (Å²) in [5.41, 5.74) is 6.95. The maximum atomic E-state index is 11.5. The fourth-order valence-corrected chi connectivity index (χ4v) is 1.40. The fourth-order valence-electron chi connectivity index (χ4n) is 1.40. The van der Waals surface area contributed by atoms with Gasteiger partial charge >= 0.3 is 6.03 Å². The van der Waals surface area contributed by atoms with Gasteiger partial charge in [0.2, 0.25) is 0 Å². The maximum absolute atomic E-state index is 11.5. The highest BCUT2D eigenvalue weighted by atomic mass is 16.5. The van der Waals surface area contributed by atoms with E-state index in [1.54, 1.807) is 24.3 Å². The van der Waals surface area contributed by atoms with Crippen molar-refractivity contribution in [3.8, 4) is 0 Å². The van der Waals surface area contributed by atoms with Crippen molar-refractivity contribution in [3.05, 3.63) is 24.3 Å². The van der Waals surface area contributed by atoms with Crippen molar-refractivity contribution >= 4 is 17.4 Å². The Kier molecular flexibility index (Phi) is 6.74. The maximum Gasteiger partial charge on any atom is 0.319 e. The molecule has 0 aromatic heterocycles. The fraction of sp³-hybridized carbons (Fsp3) is 0.500. The lowest BCUT2D eigenvalue weighted by Gasteiger charge is -2.09. The number of hydrogen-bond acceptors (Lipinski definition) is 3. The minimum atomic E-state index is -0.239. The molecule has 0 heterocycles. The Morgan fingerprint density at radius 3 is 2.58 bits per heavy atom. The van der Waals surface area contributed by atoms with Gasteiger partial charge in [0, 0.05) is 24.5 Å². The van der Waals surface area contributed by atoms with Gasteiger partial charge in [-0.3, -0.25) is 0 Å². The van der Waals surface area contributed by atoms with Crippen LogP contribution in [-0.2, 0) is 4.74 Å². The molecule has 0 aliphatic heterocycles. The molecule has 0 radical (unpaired) electrons. The number of ether oxygens (including phenoxy) is 1. The average molecular weight is 265 g/mol. The molecule has 0 atom stereocenters. The van der Waals surface area contributed by atoms with E-state index in [2.05, 4.69) is 24.5 Å². The van der Waals surface area contributed by atoms with E-state index in [4.69, 9.17) is 10.5 Å². The van der Waals surface area contributed by atoms with E-state index in [9.17, 15) is 4.79 Å². The van der Waals surface area contributed by atoms with Crippen molar-refractivity contribution in [1.82, 2.24) is 5.32 Å². The largest absolute Gasteiger partial charge is 0.399 e. The van der Waals surface area contributed by atoms with Gasteiger partial charge in [-0.15, -0.1) is 0 Å². The Hall–Kier alpha value is -1.75. The van der Waals surface area contributed by atoms with Crippen LogP contribution in [0.1, 0.15) is 20.3 Å². The second-order valence-corrected chi connectivity index (χ2v) is 4.80. The topological polar surface area (TPSA) is 76.4 Å². The van der Waals surface area contributed by atoms with Crippen LogP contribution in [0.4, 0.5) is 16.2 Å². The molecule has 1 aromatic carbocycles. The molecule has 1 aromatic rings. The molecule has 19 heavy (non-hydrogen) atoms. The highest BCUT2D eigenvalue weighted by molar-refractivity contribution is 5.89. The zero-order valence-corrected chi connectivity index (χ0v) is 11.6. The molecule has 0 spiro atoms. The number of carbonyl (C=O) groups is 1. The van der Waals surface area contributed by atoms with Gasteiger partial charge in [0.05, 0.1) is 6.61 Å². The van der Waals surface area contributed by atoms with Crippen molar-refractivity contribution < 1.29 is 9.53 Å². The number of nitrogens with one attached hydrogen (secondary N) is 2. The minimum absolute atomic E-state index is 0.239. The quantitative estimate of drug-likeness (QED) is 0.523. The van der Waals surface area contributed by atoms with Crippen molar-refractivity contribution in [2.75, 3.05) is 30.8 Å². The van der Waals surface area contributed by atoms with Crippen LogP contribution < -0.4 is 16.4 Å². The van der Waals surface area contributed by atoms with Crippen LogP contribution in [0.25, 0.3) is 0 Å². The van der Waals surface area contributed by atoms with Gasteiger partial charge in [-0.2, -0.15) is 0 Å². The predicted octanol–water partition coefficient (Wildman–Crippen LogP) is 2.45. The van der Waals surface area contributed by atoms with Gasteiger partial charge < -0.3 is 21.1 Å². The molecule has 5 heteroatoms. The smallest absolute Gasteiger partial charge is 0.319 e. The van der Waals surface area contributed by atoms with Gasteiger partial charge in [-0.05, 0) is 36.6 Å². The summed E-state index contributed by atoms with van der Waals surface area (Å²) in [6.07, 6.45) is 1.04. The minimum Gasteiger partial charge on any atom is -0.399 e.